The minimum atomic E-state index is 0.0716. The van der Waals surface area contributed by atoms with Gasteiger partial charge in [-0.15, -0.1) is 6.58 Å². The molecule has 0 aliphatic heterocycles. The summed E-state index contributed by atoms with van der Waals surface area (Å²) >= 11 is 0. The number of rotatable bonds is 6. The normalized spacial score (nSPS) is 12.3. The molecule has 0 aromatic heterocycles. The summed E-state index contributed by atoms with van der Waals surface area (Å²) < 4.78 is 11.3. The second-order valence-corrected chi connectivity index (χ2v) is 4.15. The van der Waals surface area contributed by atoms with Crippen LogP contribution in [0.2, 0.25) is 0 Å². The summed E-state index contributed by atoms with van der Waals surface area (Å²) in [5, 5.41) is 0. The van der Waals surface area contributed by atoms with Crippen LogP contribution in [-0.2, 0) is 0 Å². The van der Waals surface area contributed by atoms with Crippen molar-refractivity contribution in [2.75, 3.05) is 6.61 Å². The average Bonchev–Trinajstić information content (AvgIpc) is 2.30. The summed E-state index contributed by atoms with van der Waals surface area (Å²) in [6.45, 7) is 14.3. The van der Waals surface area contributed by atoms with Crippen molar-refractivity contribution in [1.29, 1.82) is 0 Å². The fourth-order valence-corrected chi connectivity index (χ4v) is 1.51. The molecule has 0 saturated carbocycles. The molecule has 0 amide bonds. The molecule has 1 aromatic rings. The van der Waals surface area contributed by atoms with Crippen LogP contribution in [0.1, 0.15) is 32.3 Å². The first-order valence-electron chi connectivity index (χ1n) is 5.97. The predicted octanol–water partition coefficient (Wildman–Crippen LogP) is 3.98. The molecule has 0 heterocycles. The predicted molar refractivity (Wildman–Crippen MR) is 71.7 cm³/mol. The smallest absolute Gasteiger partial charge is 0.161 e. The van der Waals surface area contributed by atoms with Crippen molar-refractivity contribution in [1.82, 2.24) is 0 Å². The molecule has 0 N–H and O–H groups in total. The molecular weight excluding hydrogens is 212 g/mol. The zero-order valence-electron chi connectivity index (χ0n) is 10.9. The van der Waals surface area contributed by atoms with Gasteiger partial charge in [0.1, 0.15) is 0 Å². The highest BCUT2D eigenvalue weighted by Gasteiger charge is 2.10. The Morgan fingerprint density at radius 3 is 2.53 bits per heavy atom. The van der Waals surface area contributed by atoms with Crippen LogP contribution in [0.15, 0.2) is 30.9 Å². The summed E-state index contributed by atoms with van der Waals surface area (Å²) in [5.41, 5.74) is 1.08. The molecule has 1 radical (unpaired) electrons. The standard InChI is InChI=1S/C15H21O2/c1-6-12(5)13-8-9-14(17-11(3)4)15(10-13)16-7-2/h6,8-12H,1,5,7H2,2-4H3. The van der Waals surface area contributed by atoms with Crippen LogP contribution < -0.4 is 9.47 Å². The van der Waals surface area contributed by atoms with Crippen molar-refractivity contribution in [3.05, 3.63) is 43.3 Å². The topological polar surface area (TPSA) is 18.5 Å². The molecule has 1 rings (SSSR count). The average molecular weight is 233 g/mol. The number of hydrogen-bond acceptors (Lipinski definition) is 2. The first kappa shape index (κ1) is 13.6. The molecule has 1 atom stereocenters. The maximum atomic E-state index is 5.70. The molecule has 1 unspecified atom stereocenters. The van der Waals surface area contributed by atoms with Gasteiger partial charge in [0.2, 0.25) is 0 Å². The Balaban J connectivity index is 3.02. The van der Waals surface area contributed by atoms with E-state index in [0.29, 0.717) is 6.61 Å². The minimum absolute atomic E-state index is 0.0716. The van der Waals surface area contributed by atoms with Crippen LogP contribution in [-0.4, -0.2) is 12.7 Å². The van der Waals surface area contributed by atoms with Gasteiger partial charge in [-0.3, -0.25) is 0 Å². The number of ether oxygens (including phenoxy) is 2. The lowest BCUT2D eigenvalue weighted by Crippen LogP contribution is -2.07. The second-order valence-electron chi connectivity index (χ2n) is 4.15. The highest BCUT2D eigenvalue weighted by molar-refractivity contribution is 5.45. The Labute approximate surface area is 104 Å². The van der Waals surface area contributed by atoms with E-state index in [0.717, 1.165) is 17.1 Å². The van der Waals surface area contributed by atoms with Crippen molar-refractivity contribution in [3.8, 4) is 11.5 Å². The first-order valence-corrected chi connectivity index (χ1v) is 5.97. The zero-order valence-corrected chi connectivity index (χ0v) is 10.9. The third-order valence-electron chi connectivity index (χ3n) is 2.34. The lowest BCUT2D eigenvalue weighted by molar-refractivity contribution is 0.223. The lowest BCUT2D eigenvalue weighted by atomic mass is 10.0. The molecule has 2 nitrogen and oxygen atoms in total. The molecule has 0 aliphatic rings. The van der Waals surface area contributed by atoms with Crippen molar-refractivity contribution in [3.63, 3.8) is 0 Å². The van der Waals surface area contributed by atoms with Crippen molar-refractivity contribution in [2.24, 2.45) is 0 Å². The maximum Gasteiger partial charge on any atom is 0.161 e. The lowest BCUT2D eigenvalue weighted by Gasteiger charge is -2.16. The van der Waals surface area contributed by atoms with E-state index < -0.39 is 0 Å². The summed E-state index contributed by atoms with van der Waals surface area (Å²) in [6.07, 6.45) is 1.95. The molecular formula is C15H21O2. The van der Waals surface area contributed by atoms with Gasteiger partial charge in [-0.2, -0.15) is 0 Å². The Hall–Kier alpha value is -1.44. The van der Waals surface area contributed by atoms with E-state index >= 15 is 0 Å². The summed E-state index contributed by atoms with van der Waals surface area (Å²) in [7, 11) is 0. The third kappa shape index (κ3) is 3.81. The quantitative estimate of drug-likeness (QED) is 0.692. The van der Waals surface area contributed by atoms with Gasteiger partial charge in [-0.05, 0) is 45.4 Å². The molecule has 0 saturated heterocycles. The van der Waals surface area contributed by atoms with Crippen LogP contribution in [0.5, 0.6) is 11.5 Å². The number of benzene rings is 1. The first-order chi connectivity index (χ1) is 8.08. The highest BCUT2D eigenvalue weighted by Crippen LogP contribution is 2.32. The molecule has 0 bridgehead atoms. The fraction of sp³-hybridized carbons (Fsp3) is 0.400. The number of allylic oxidation sites excluding steroid dienone is 1. The van der Waals surface area contributed by atoms with Gasteiger partial charge in [0.05, 0.1) is 12.7 Å². The van der Waals surface area contributed by atoms with Gasteiger partial charge in [-0.1, -0.05) is 12.1 Å². The van der Waals surface area contributed by atoms with E-state index in [-0.39, 0.29) is 12.0 Å². The van der Waals surface area contributed by atoms with Gasteiger partial charge in [0.15, 0.2) is 11.5 Å². The molecule has 0 aliphatic carbocycles. The van der Waals surface area contributed by atoms with E-state index in [4.69, 9.17) is 9.47 Å². The van der Waals surface area contributed by atoms with Crippen LogP contribution in [0.3, 0.4) is 0 Å². The maximum absolute atomic E-state index is 5.70. The van der Waals surface area contributed by atoms with Crippen molar-refractivity contribution in [2.45, 2.75) is 32.8 Å². The largest absolute Gasteiger partial charge is 0.490 e. The van der Waals surface area contributed by atoms with Crippen LogP contribution in [0.25, 0.3) is 0 Å². The van der Waals surface area contributed by atoms with Crippen molar-refractivity contribution >= 4 is 0 Å². The fourth-order valence-electron chi connectivity index (χ4n) is 1.51. The third-order valence-corrected chi connectivity index (χ3v) is 2.34. The SMILES string of the molecule is [CH2]C(C=C)c1ccc(OC(C)C)c(OCC)c1. The van der Waals surface area contributed by atoms with E-state index in [1.54, 1.807) is 0 Å². The highest BCUT2D eigenvalue weighted by atomic mass is 16.5. The minimum Gasteiger partial charge on any atom is -0.490 e. The summed E-state index contributed by atoms with van der Waals surface area (Å²) in [4.78, 5) is 0. The van der Waals surface area contributed by atoms with E-state index in [2.05, 4.69) is 13.5 Å². The monoisotopic (exact) mass is 233 g/mol. The molecule has 1 aromatic carbocycles. The van der Waals surface area contributed by atoms with Gasteiger partial charge >= 0.3 is 0 Å². The Morgan fingerprint density at radius 2 is 2.00 bits per heavy atom. The van der Waals surface area contributed by atoms with Gasteiger partial charge in [0.25, 0.3) is 0 Å². The summed E-state index contributed by atoms with van der Waals surface area (Å²) in [6, 6.07) is 5.90. The Morgan fingerprint density at radius 1 is 1.29 bits per heavy atom. The Kier molecular flexibility index (Phi) is 5.08. The summed E-state index contributed by atoms with van der Waals surface area (Å²) in [5.74, 6) is 1.62. The molecule has 0 fully saturated rings. The molecule has 93 valence electrons. The number of hydrogen-bond donors (Lipinski definition) is 0. The molecule has 17 heavy (non-hydrogen) atoms. The molecule has 0 spiro atoms. The van der Waals surface area contributed by atoms with Gasteiger partial charge in [0, 0.05) is 5.92 Å². The second kappa shape index (κ2) is 6.33. The van der Waals surface area contributed by atoms with E-state index in [9.17, 15) is 0 Å². The molecule has 2 heteroatoms. The van der Waals surface area contributed by atoms with E-state index in [1.165, 1.54) is 0 Å². The van der Waals surface area contributed by atoms with Crippen molar-refractivity contribution < 1.29 is 9.47 Å². The van der Waals surface area contributed by atoms with Crippen LogP contribution in [0, 0.1) is 6.92 Å². The van der Waals surface area contributed by atoms with Gasteiger partial charge in [-0.25, -0.2) is 0 Å². The van der Waals surface area contributed by atoms with E-state index in [1.807, 2.05) is 45.0 Å². The van der Waals surface area contributed by atoms with Gasteiger partial charge < -0.3 is 9.47 Å². The van der Waals surface area contributed by atoms with Crippen LogP contribution in [0.4, 0.5) is 0 Å². The Bertz CT molecular complexity index is 369. The van der Waals surface area contributed by atoms with Crippen LogP contribution >= 0.6 is 0 Å². The zero-order chi connectivity index (χ0) is 12.8.